The Balaban J connectivity index is 1.95. The molecule has 0 aliphatic rings. The largest absolute Gasteiger partial charge is 0.367 e. The molecule has 7 heteroatoms. The highest BCUT2D eigenvalue weighted by atomic mass is 35.5. The highest BCUT2D eigenvalue weighted by molar-refractivity contribution is 6.39. The lowest BCUT2D eigenvalue weighted by atomic mass is 10.0. The summed E-state index contributed by atoms with van der Waals surface area (Å²) in [6.45, 7) is 0. The molecule has 0 fully saturated rings. The number of nitrogen functional groups attached to an aromatic ring is 1. The van der Waals surface area contributed by atoms with Gasteiger partial charge in [0, 0.05) is 12.0 Å². The number of nitriles is 1. The van der Waals surface area contributed by atoms with Gasteiger partial charge in [-0.1, -0.05) is 35.3 Å². The van der Waals surface area contributed by atoms with E-state index >= 15 is 0 Å². The molecule has 1 aromatic heterocycles. The number of H-pyrrole nitrogens is 1. The average Bonchev–Trinajstić information content (AvgIpc) is 2.92. The Morgan fingerprint density at radius 1 is 1.13 bits per heavy atom. The molecule has 0 aliphatic carbocycles. The average molecular weight is 344 g/mol. The second kappa shape index (κ2) is 6.29. The van der Waals surface area contributed by atoms with Gasteiger partial charge < -0.3 is 5.73 Å². The first-order chi connectivity index (χ1) is 11.1. The van der Waals surface area contributed by atoms with Crippen molar-refractivity contribution < 1.29 is 0 Å². The first-order valence-electron chi connectivity index (χ1n) is 6.72. The fourth-order valence-corrected chi connectivity index (χ4v) is 3.05. The van der Waals surface area contributed by atoms with E-state index in [2.05, 4.69) is 21.3 Å². The van der Waals surface area contributed by atoms with Crippen molar-refractivity contribution >= 4 is 29.2 Å². The number of aromatic nitrogens is 3. The van der Waals surface area contributed by atoms with Crippen LogP contribution in [0.1, 0.15) is 17.0 Å². The number of hydrogen-bond donors (Lipinski definition) is 2. The Morgan fingerprint density at radius 3 is 2.30 bits per heavy atom. The third kappa shape index (κ3) is 3.29. The van der Waals surface area contributed by atoms with E-state index in [0.29, 0.717) is 27.9 Å². The van der Waals surface area contributed by atoms with Gasteiger partial charge in [-0.05, 0) is 35.4 Å². The molecule has 3 N–H and O–H groups in total. The molecule has 0 radical (unpaired) electrons. The SMILES string of the molecule is N#Cc1ccc(-c2c(Cl)cc(Cc3nc(N)n[nH]3)cc2Cl)cc1. The number of nitrogens with two attached hydrogens (primary N) is 1. The van der Waals surface area contributed by atoms with Crippen LogP contribution in [0, 0.1) is 11.3 Å². The van der Waals surface area contributed by atoms with Crippen LogP contribution >= 0.6 is 23.2 Å². The van der Waals surface area contributed by atoms with Crippen molar-refractivity contribution in [2.24, 2.45) is 0 Å². The highest BCUT2D eigenvalue weighted by Gasteiger charge is 2.12. The second-order valence-electron chi connectivity index (χ2n) is 4.94. The number of nitrogens with zero attached hydrogens (tertiary/aromatic N) is 3. The van der Waals surface area contributed by atoms with Crippen molar-refractivity contribution in [3.05, 3.63) is 63.4 Å². The molecule has 3 aromatic rings. The van der Waals surface area contributed by atoms with Crippen molar-refractivity contribution in [1.82, 2.24) is 15.2 Å². The van der Waals surface area contributed by atoms with Crippen molar-refractivity contribution in [3.8, 4) is 17.2 Å². The molecular weight excluding hydrogens is 333 g/mol. The summed E-state index contributed by atoms with van der Waals surface area (Å²) in [5, 5.41) is 16.5. The van der Waals surface area contributed by atoms with Crippen LogP contribution < -0.4 is 5.73 Å². The lowest BCUT2D eigenvalue weighted by molar-refractivity contribution is 0.973. The van der Waals surface area contributed by atoms with E-state index < -0.39 is 0 Å². The lowest BCUT2D eigenvalue weighted by Gasteiger charge is -2.10. The predicted octanol–water partition coefficient (Wildman–Crippen LogP) is 3.82. The molecule has 0 unspecified atom stereocenters. The summed E-state index contributed by atoms with van der Waals surface area (Å²) in [6, 6.07) is 12.8. The number of halogens is 2. The molecule has 0 spiro atoms. The maximum atomic E-state index is 8.86. The van der Waals surface area contributed by atoms with E-state index in [-0.39, 0.29) is 5.95 Å². The maximum absolute atomic E-state index is 8.86. The zero-order valence-electron chi connectivity index (χ0n) is 11.8. The quantitative estimate of drug-likeness (QED) is 0.755. The van der Waals surface area contributed by atoms with Crippen molar-refractivity contribution in [2.45, 2.75) is 6.42 Å². The minimum Gasteiger partial charge on any atom is -0.367 e. The topological polar surface area (TPSA) is 91.4 Å². The summed E-state index contributed by atoms with van der Waals surface area (Å²) in [7, 11) is 0. The van der Waals surface area contributed by atoms with Gasteiger partial charge in [0.15, 0.2) is 0 Å². The standard InChI is InChI=1S/C16H11Cl2N5/c17-12-5-10(7-14-21-16(20)23-22-14)6-13(18)15(12)11-3-1-9(8-19)2-4-11/h1-6H,7H2,(H3,20,21,22,23). The van der Waals surface area contributed by atoms with Gasteiger partial charge in [-0.15, -0.1) is 5.10 Å². The smallest absolute Gasteiger partial charge is 0.239 e. The van der Waals surface area contributed by atoms with E-state index in [1.807, 2.05) is 24.3 Å². The highest BCUT2D eigenvalue weighted by Crippen LogP contribution is 2.36. The first kappa shape index (κ1) is 15.3. The zero-order chi connectivity index (χ0) is 16.4. The number of hydrogen-bond acceptors (Lipinski definition) is 4. The first-order valence-corrected chi connectivity index (χ1v) is 7.47. The van der Waals surface area contributed by atoms with E-state index in [0.717, 1.165) is 16.7 Å². The fourth-order valence-electron chi connectivity index (χ4n) is 2.30. The van der Waals surface area contributed by atoms with Crippen LogP contribution in [0.3, 0.4) is 0 Å². The number of anilines is 1. The predicted molar refractivity (Wildman–Crippen MR) is 90.2 cm³/mol. The monoisotopic (exact) mass is 343 g/mol. The molecular formula is C16H11Cl2N5. The van der Waals surface area contributed by atoms with E-state index in [1.54, 1.807) is 12.1 Å². The molecule has 114 valence electrons. The number of benzene rings is 2. The third-order valence-electron chi connectivity index (χ3n) is 3.33. The van der Waals surface area contributed by atoms with E-state index in [1.165, 1.54) is 0 Å². The summed E-state index contributed by atoms with van der Waals surface area (Å²) in [6.07, 6.45) is 0.497. The molecule has 1 heterocycles. The molecule has 0 saturated carbocycles. The number of nitrogens with one attached hydrogen (secondary N) is 1. The Bertz CT molecular complexity index is 871. The van der Waals surface area contributed by atoms with Crippen LogP contribution in [0.25, 0.3) is 11.1 Å². The molecule has 3 rings (SSSR count). The summed E-state index contributed by atoms with van der Waals surface area (Å²) in [4.78, 5) is 4.06. The van der Waals surface area contributed by atoms with Crippen molar-refractivity contribution in [1.29, 1.82) is 5.26 Å². The Labute approximate surface area is 142 Å². The molecule has 0 aliphatic heterocycles. The van der Waals surface area contributed by atoms with Gasteiger partial charge in [-0.3, -0.25) is 5.10 Å². The summed E-state index contributed by atoms with van der Waals surface area (Å²) in [5.41, 5.74) is 8.56. The van der Waals surface area contributed by atoms with Crippen LogP contribution in [0.5, 0.6) is 0 Å². The molecule has 0 amide bonds. The zero-order valence-corrected chi connectivity index (χ0v) is 13.4. The molecule has 23 heavy (non-hydrogen) atoms. The van der Waals surface area contributed by atoms with E-state index in [9.17, 15) is 0 Å². The van der Waals surface area contributed by atoms with Gasteiger partial charge >= 0.3 is 0 Å². The fraction of sp³-hybridized carbons (Fsp3) is 0.0625. The van der Waals surface area contributed by atoms with Gasteiger partial charge in [0.1, 0.15) is 5.82 Å². The van der Waals surface area contributed by atoms with Crippen LogP contribution in [-0.4, -0.2) is 15.2 Å². The normalized spacial score (nSPS) is 10.5. The second-order valence-corrected chi connectivity index (χ2v) is 5.76. The van der Waals surface area contributed by atoms with Gasteiger partial charge in [0.2, 0.25) is 5.95 Å². The Hall–Kier alpha value is -2.55. The molecule has 0 saturated heterocycles. The van der Waals surface area contributed by atoms with Gasteiger partial charge in [0.25, 0.3) is 0 Å². The van der Waals surface area contributed by atoms with Gasteiger partial charge in [-0.2, -0.15) is 10.2 Å². The number of rotatable bonds is 3. The van der Waals surface area contributed by atoms with Gasteiger partial charge in [-0.25, -0.2) is 0 Å². The molecule has 2 aromatic carbocycles. The minimum atomic E-state index is 0.200. The van der Waals surface area contributed by atoms with Crippen LogP contribution in [0.2, 0.25) is 10.0 Å². The van der Waals surface area contributed by atoms with Crippen LogP contribution in [0.4, 0.5) is 5.95 Å². The maximum Gasteiger partial charge on any atom is 0.239 e. The molecule has 5 nitrogen and oxygen atoms in total. The van der Waals surface area contributed by atoms with Gasteiger partial charge in [0.05, 0.1) is 21.7 Å². The Morgan fingerprint density at radius 2 is 1.78 bits per heavy atom. The minimum absolute atomic E-state index is 0.200. The van der Waals surface area contributed by atoms with Crippen molar-refractivity contribution in [2.75, 3.05) is 5.73 Å². The Kier molecular flexibility index (Phi) is 4.20. The third-order valence-corrected chi connectivity index (χ3v) is 3.92. The van der Waals surface area contributed by atoms with Crippen LogP contribution in [-0.2, 0) is 6.42 Å². The number of aromatic amines is 1. The molecule has 0 atom stereocenters. The summed E-state index contributed by atoms with van der Waals surface area (Å²) < 4.78 is 0. The van der Waals surface area contributed by atoms with Crippen LogP contribution in [0.15, 0.2) is 36.4 Å². The summed E-state index contributed by atoms with van der Waals surface area (Å²) in [5.74, 6) is 0.840. The molecule has 0 bridgehead atoms. The van der Waals surface area contributed by atoms with E-state index in [4.69, 9.17) is 34.2 Å². The lowest BCUT2D eigenvalue weighted by Crippen LogP contribution is -1.93. The van der Waals surface area contributed by atoms with Crippen molar-refractivity contribution in [3.63, 3.8) is 0 Å². The summed E-state index contributed by atoms with van der Waals surface area (Å²) >= 11 is 12.8.